The molecule has 1 aliphatic heterocycles. The minimum absolute atomic E-state index is 0.134. The molecule has 1 saturated heterocycles. The second-order valence-electron chi connectivity index (χ2n) is 5.67. The summed E-state index contributed by atoms with van der Waals surface area (Å²) in [7, 11) is 0. The van der Waals surface area contributed by atoms with E-state index in [0.717, 1.165) is 17.7 Å². The lowest BCUT2D eigenvalue weighted by Crippen LogP contribution is -2.20. The van der Waals surface area contributed by atoms with Crippen molar-refractivity contribution in [1.29, 1.82) is 0 Å². The normalized spacial score (nSPS) is 26.3. The van der Waals surface area contributed by atoms with Gasteiger partial charge in [-0.25, -0.2) is 0 Å². The van der Waals surface area contributed by atoms with Gasteiger partial charge in [0.1, 0.15) is 6.10 Å². The van der Waals surface area contributed by atoms with Gasteiger partial charge in [0.15, 0.2) is 11.4 Å². The van der Waals surface area contributed by atoms with Crippen LogP contribution in [0.1, 0.15) is 33.2 Å². The maximum absolute atomic E-state index is 12.8. The number of rotatable bonds is 1. The molecule has 0 aromatic heterocycles. The Morgan fingerprint density at radius 2 is 1.86 bits per heavy atom. The number of carbonyl (C=O) groups excluding carboxylic acids is 1. The van der Waals surface area contributed by atoms with Crippen LogP contribution in [0.4, 0.5) is 13.2 Å². The number of Topliss-reactive ketones (excluding diaryl/α,β-unsaturated/α-hetero) is 1. The molecule has 22 heavy (non-hydrogen) atoms. The Labute approximate surface area is 124 Å². The molecule has 0 amide bonds. The third-order valence-corrected chi connectivity index (χ3v) is 4.31. The first kappa shape index (κ1) is 13.5. The van der Waals surface area contributed by atoms with Crippen LogP contribution in [0.5, 0.6) is 0 Å². The number of alkyl halides is 3. The predicted octanol–water partition coefficient (Wildman–Crippen LogP) is 3.95. The first-order valence-electron chi connectivity index (χ1n) is 6.89. The average Bonchev–Trinajstić information content (AvgIpc) is 3.14. The molecule has 4 rings (SSSR count). The van der Waals surface area contributed by atoms with E-state index < -0.39 is 23.4 Å². The van der Waals surface area contributed by atoms with Crippen LogP contribution in [0, 0.1) is 0 Å². The van der Waals surface area contributed by atoms with E-state index in [1.54, 1.807) is 18.2 Å². The Hall–Kier alpha value is -2.14. The zero-order chi connectivity index (χ0) is 15.5. The van der Waals surface area contributed by atoms with Crippen molar-refractivity contribution in [3.63, 3.8) is 0 Å². The fourth-order valence-electron chi connectivity index (χ4n) is 3.19. The summed E-state index contributed by atoms with van der Waals surface area (Å²) < 4.78 is 44.0. The summed E-state index contributed by atoms with van der Waals surface area (Å²) in [6.07, 6.45) is -4.58. The van der Waals surface area contributed by atoms with Crippen LogP contribution >= 0.6 is 0 Å². The molecule has 2 aliphatic rings. The molecule has 5 heteroatoms. The van der Waals surface area contributed by atoms with Gasteiger partial charge in [-0.2, -0.15) is 13.2 Å². The summed E-state index contributed by atoms with van der Waals surface area (Å²) in [5, 5.41) is 0. The van der Waals surface area contributed by atoms with Crippen LogP contribution in [0.25, 0.3) is 0 Å². The van der Waals surface area contributed by atoms with Crippen molar-refractivity contribution < 1.29 is 22.7 Å². The number of hydrogen-bond acceptors (Lipinski definition) is 2. The van der Waals surface area contributed by atoms with Gasteiger partial charge in [0, 0.05) is 12.0 Å². The van der Waals surface area contributed by atoms with Gasteiger partial charge in [-0.1, -0.05) is 36.4 Å². The smallest absolute Gasteiger partial charge is 0.352 e. The molecular formula is C17H11F3O2. The fraction of sp³-hybridized carbons (Fsp3) is 0.235. The zero-order valence-electron chi connectivity index (χ0n) is 11.4. The first-order chi connectivity index (χ1) is 10.4. The molecule has 1 aliphatic carbocycles. The van der Waals surface area contributed by atoms with Crippen LogP contribution in [-0.2, 0) is 17.3 Å². The molecule has 2 nitrogen and oxygen atoms in total. The van der Waals surface area contributed by atoms with E-state index in [-0.39, 0.29) is 5.78 Å². The summed E-state index contributed by atoms with van der Waals surface area (Å²) >= 11 is 0. The molecule has 2 aromatic carbocycles. The van der Waals surface area contributed by atoms with Gasteiger partial charge >= 0.3 is 6.18 Å². The van der Waals surface area contributed by atoms with Gasteiger partial charge in [0.25, 0.3) is 0 Å². The van der Waals surface area contributed by atoms with E-state index in [1.165, 1.54) is 6.07 Å². The van der Waals surface area contributed by atoms with E-state index in [0.29, 0.717) is 17.5 Å². The summed E-state index contributed by atoms with van der Waals surface area (Å²) in [6.45, 7) is 0. The highest BCUT2D eigenvalue weighted by molar-refractivity contribution is 6.09. The van der Waals surface area contributed by atoms with Crippen LogP contribution in [-0.4, -0.2) is 11.4 Å². The van der Waals surface area contributed by atoms with Crippen LogP contribution < -0.4 is 0 Å². The highest BCUT2D eigenvalue weighted by Crippen LogP contribution is 2.57. The van der Waals surface area contributed by atoms with Crippen molar-refractivity contribution in [3.8, 4) is 0 Å². The lowest BCUT2D eigenvalue weighted by atomic mass is 9.94. The SMILES string of the molecule is O=C1c2ccccc2CC12OC2c1cccc(C(F)(F)F)c1. The molecule has 2 aromatic rings. The Bertz CT molecular complexity index is 781. The van der Waals surface area contributed by atoms with Crippen LogP contribution in [0.2, 0.25) is 0 Å². The van der Waals surface area contributed by atoms with Crippen molar-refractivity contribution in [2.45, 2.75) is 24.3 Å². The van der Waals surface area contributed by atoms with Crippen molar-refractivity contribution in [1.82, 2.24) is 0 Å². The van der Waals surface area contributed by atoms with Gasteiger partial charge in [-0.05, 0) is 23.3 Å². The summed E-state index contributed by atoms with van der Waals surface area (Å²) in [4.78, 5) is 12.5. The standard InChI is InChI=1S/C17H11F3O2/c18-17(19,20)12-6-3-5-10(8-12)15-16(22-15)9-11-4-1-2-7-13(11)14(16)21/h1-8,15H,9H2. The van der Waals surface area contributed by atoms with Crippen LogP contribution in [0.3, 0.4) is 0 Å². The van der Waals surface area contributed by atoms with E-state index in [1.807, 2.05) is 12.1 Å². The number of halogens is 3. The topological polar surface area (TPSA) is 29.6 Å². The van der Waals surface area contributed by atoms with E-state index in [9.17, 15) is 18.0 Å². The van der Waals surface area contributed by atoms with E-state index >= 15 is 0 Å². The Morgan fingerprint density at radius 1 is 1.09 bits per heavy atom. The largest absolute Gasteiger partial charge is 0.416 e. The Kier molecular flexibility index (Phi) is 2.58. The molecule has 112 valence electrons. The summed E-state index contributed by atoms with van der Waals surface area (Å²) in [6, 6.07) is 12.2. The number of fused-ring (bicyclic) bond motifs is 1. The van der Waals surface area contributed by atoms with Gasteiger partial charge < -0.3 is 4.74 Å². The number of epoxide rings is 1. The molecule has 0 bridgehead atoms. The van der Waals surface area contributed by atoms with Gasteiger partial charge in [-0.3, -0.25) is 4.79 Å². The average molecular weight is 304 g/mol. The van der Waals surface area contributed by atoms with Crippen LogP contribution in [0.15, 0.2) is 48.5 Å². The number of benzene rings is 2. The quantitative estimate of drug-likeness (QED) is 0.747. The maximum atomic E-state index is 12.8. The fourth-order valence-corrected chi connectivity index (χ4v) is 3.19. The summed E-state index contributed by atoms with van der Waals surface area (Å²) in [5.74, 6) is -0.134. The second-order valence-corrected chi connectivity index (χ2v) is 5.67. The minimum atomic E-state index is -4.40. The van der Waals surface area contributed by atoms with Crippen molar-refractivity contribution in [2.24, 2.45) is 0 Å². The zero-order valence-corrected chi connectivity index (χ0v) is 11.4. The van der Waals surface area contributed by atoms with Gasteiger partial charge in [0.05, 0.1) is 5.56 Å². The number of carbonyl (C=O) groups is 1. The second kappa shape index (κ2) is 4.20. The number of ketones is 1. The van der Waals surface area contributed by atoms with Crippen molar-refractivity contribution in [2.75, 3.05) is 0 Å². The third kappa shape index (κ3) is 1.82. The maximum Gasteiger partial charge on any atom is 0.416 e. The lowest BCUT2D eigenvalue weighted by Gasteiger charge is -2.08. The Morgan fingerprint density at radius 3 is 2.59 bits per heavy atom. The minimum Gasteiger partial charge on any atom is -0.352 e. The molecule has 2 unspecified atom stereocenters. The van der Waals surface area contributed by atoms with Crippen molar-refractivity contribution >= 4 is 5.78 Å². The van der Waals surface area contributed by atoms with E-state index in [2.05, 4.69) is 0 Å². The molecule has 1 fully saturated rings. The monoisotopic (exact) mass is 304 g/mol. The summed E-state index contributed by atoms with van der Waals surface area (Å²) in [5.41, 5.74) is 0.169. The van der Waals surface area contributed by atoms with Gasteiger partial charge in [-0.15, -0.1) is 0 Å². The highest BCUT2D eigenvalue weighted by atomic mass is 19.4. The molecule has 2 atom stereocenters. The van der Waals surface area contributed by atoms with E-state index in [4.69, 9.17) is 4.74 Å². The Balaban J connectivity index is 1.68. The van der Waals surface area contributed by atoms with Crippen molar-refractivity contribution in [3.05, 3.63) is 70.8 Å². The lowest BCUT2D eigenvalue weighted by molar-refractivity contribution is -0.137. The number of hydrogen-bond donors (Lipinski definition) is 0. The highest BCUT2D eigenvalue weighted by Gasteiger charge is 2.66. The first-order valence-corrected chi connectivity index (χ1v) is 6.89. The molecule has 0 saturated carbocycles. The number of ether oxygens (including phenoxy) is 1. The molecule has 1 spiro atoms. The van der Waals surface area contributed by atoms with Gasteiger partial charge in [0.2, 0.25) is 0 Å². The molecular weight excluding hydrogens is 293 g/mol. The molecule has 0 radical (unpaired) electrons. The predicted molar refractivity (Wildman–Crippen MR) is 72.5 cm³/mol. The molecule has 1 heterocycles. The third-order valence-electron chi connectivity index (χ3n) is 4.31. The molecule has 0 N–H and O–H groups in total.